The molecule has 0 saturated carbocycles. The Labute approximate surface area is 60.7 Å². The van der Waals surface area contributed by atoms with Gasteiger partial charge < -0.3 is 10.2 Å². The average Bonchev–Trinajstić information content (AvgIpc) is 1.83. The van der Waals surface area contributed by atoms with Crippen LogP contribution in [0, 0.1) is 5.41 Å². The van der Waals surface area contributed by atoms with Crippen molar-refractivity contribution in [2.75, 3.05) is 6.61 Å². The molecule has 3 heteroatoms. The number of hydrogen-bond acceptors (Lipinski definition) is 3. The summed E-state index contributed by atoms with van der Waals surface area (Å²) in [6, 6.07) is 0. The number of aliphatic hydroxyl groups excluding tert-OH is 2. The van der Waals surface area contributed by atoms with E-state index in [9.17, 15) is 4.79 Å². The van der Waals surface area contributed by atoms with E-state index in [-0.39, 0.29) is 0 Å². The molecule has 0 saturated heterocycles. The molecule has 0 aromatic carbocycles. The molecule has 0 aliphatic carbocycles. The summed E-state index contributed by atoms with van der Waals surface area (Å²) in [6.07, 6.45) is -1.06. The Balaban J connectivity index is 4.08. The lowest BCUT2D eigenvalue weighted by molar-refractivity contribution is -0.135. The Kier molecular flexibility index (Phi) is 2.99. The van der Waals surface area contributed by atoms with Crippen LogP contribution in [0.5, 0.6) is 0 Å². The van der Waals surface area contributed by atoms with Gasteiger partial charge in [0.05, 0.1) is 0 Å². The van der Waals surface area contributed by atoms with Gasteiger partial charge in [0.1, 0.15) is 12.7 Å². The predicted octanol–water partition coefficient (Wildman–Crippen LogP) is -0.0452. The highest BCUT2D eigenvalue weighted by molar-refractivity contribution is 5.84. The van der Waals surface area contributed by atoms with E-state index in [2.05, 4.69) is 0 Å². The minimum atomic E-state index is -1.06. The maximum atomic E-state index is 10.7. The van der Waals surface area contributed by atoms with Gasteiger partial charge >= 0.3 is 0 Å². The summed E-state index contributed by atoms with van der Waals surface area (Å²) >= 11 is 0. The monoisotopic (exact) mass is 146 g/mol. The summed E-state index contributed by atoms with van der Waals surface area (Å²) in [4.78, 5) is 10.7. The van der Waals surface area contributed by atoms with Gasteiger partial charge in [0.15, 0.2) is 5.78 Å². The van der Waals surface area contributed by atoms with E-state index >= 15 is 0 Å². The number of carbonyl (C=O) groups excluding carboxylic acids is 1. The van der Waals surface area contributed by atoms with Crippen molar-refractivity contribution in [3.8, 4) is 0 Å². The molecule has 0 bridgehead atoms. The van der Waals surface area contributed by atoms with E-state index in [4.69, 9.17) is 10.2 Å². The third kappa shape index (κ3) is 2.45. The van der Waals surface area contributed by atoms with Crippen LogP contribution >= 0.6 is 0 Å². The van der Waals surface area contributed by atoms with E-state index in [0.717, 1.165) is 0 Å². The van der Waals surface area contributed by atoms with Gasteiger partial charge in [-0.1, -0.05) is 20.8 Å². The normalized spacial score (nSPS) is 14.9. The highest BCUT2D eigenvalue weighted by atomic mass is 16.3. The molecule has 0 amide bonds. The lowest BCUT2D eigenvalue weighted by Crippen LogP contribution is -2.35. The summed E-state index contributed by atoms with van der Waals surface area (Å²) in [5.74, 6) is -0.521. The van der Waals surface area contributed by atoms with Crippen molar-refractivity contribution in [2.45, 2.75) is 26.9 Å². The number of ketones is 1. The van der Waals surface area contributed by atoms with Gasteiger partial charge in [-0.15, -0.1) is 0 Å². The zero-order valence-electron chi connectivity index (χ0n) is 6.59. The third-order valence-electron chi connectivity index (χ3n) is 1.28. The molecule has 0 aliphatic rings. The maximum absolute atomic E-state index is 10.7. The Hall–Kier alpha value is -0.410. The van der Waals surface area contributed by atoms with Crippen LogP contribution in [0.1, 0.15) is 20.8 Å². The summed E-state index contributed by atoms with van der Waals surface area (Å²) < 4.78 is 0. The number of aliphatic hydroxyl groups is 2. The number of Topliss-reactive ketones (excluding diaryl/α,β-unsaturated/α-hetero) is 1. The molecule has 0 aliphatic heterocycles. The maximum Gasteiger partial charge on any atom is 0.187 e. The van der Waals surface area contributed by atoms with Gasteiger partial charge in [-0.25, -0.2) is 0 Å². The Morgan fingerprint density at radius 3 is 2.00 bits per heavy atom. The van der Waals surface area contributed by atoms with Crippen LogP contribution in [0.15, 0.2) is 0 Å². The first kappa shape index (κ1) is 9.59. The number of hydrogen-bond donors (Lipinski definition) is 2. The quantitative estimate of drug-likeness (QED) is 0.574. The highest BCUT2D eigenvalue weighted by Crippen LogP contribution is 2.19. The van der Waals surface area contributed by atoms with Crippen molar-refractivity contribution >= 4 is 5.78 Å². The Morgan fingerprint density at radius 2 is 1.90 bits per heavy atom. The standard InChI is InChI=1S/C7H14O3/c1-7(2,3)6(10)5(9)4-8/h6,8,10H,4H2,1-3H3/t6-/m0/s1. The lowest BCUT2D eigenvalue weighted by Gasteiger charge is -2.23. The van der Waals surface area contributed by atoms with Crippen molar-refractivity contribution < 1.29 is 15.0 Å². The molecule has 60 valence electrons. The molecule has 1 atom stereocenters. The minimum absolute atomic E-state index is 0.472. The van der Waals surface area contributed by atoms with Crippen LogP contribution in [0.3, 0.4) is 0 Å². The second-order valence-corrected chi connectivity index (χ2v) is 3.39. The predicted molar refractivity (Wildman–Crippen MR) is 37.6 cm³/mol. The summed E-state index contributed by atoms with van der Waals surface area (Å²) in [5.41, 5.74) is -0.472. The first-order valence-corrected chi connectivity index (χ1v) is 3.21. The topological polar surface area (TPSA) is 57.5 Å². The van der Waals surface area contributed by atoms with E-state index in [0.29, 0.717) is 0 Å². The molecule has 0 aromatic rings. The van der Waals surface area contributed by atoms with Crippen molar-refractivity contribution in [1.82, 2.24) is 0 Å². The fourth-order valence-corrected chi connectivity index (χ4v) is 0.569. The molecular formula is C7H14O3. The summed E-state index contributed by atoms with van der Waals surface area (Å²) in [6.45, 7) is 4.64. The zero-order chi connectivity index (χ0) is 8.36. The molecule has 0 radical (unpaired) electrons. The summed E-state index contributed by atoms with van der Waals surface area (Å²) in [5, 5.41) is 17.5. The van der Waals surface area contributed by atoms with Crippen LogP contribution in [0.25, 0.3) is 0 Å². The Morgan fingerprint density at radius 1 is 1.50 bits per heavy atom. The SMILES string of the molecule is CC(C)(C)[C@@H](O)C(=O)CO. The van der Waals surface area contributed by atoms with Gasteiger partial charge in [-0.05, 0) is 5.41 Å². The molecule has 0 heterocycles. The molecule has 0 fully saturated rings. The molecule has 0 aromatic heterocycles. The number of carbonyl (C=O) groups is 1. The minimum Gasteiger partial charge on any atom is -0.388 e. The molecular weight excluding hydrogens is 132 g/mol. The second kappa shape index (κ2) is 3.12. The van der Waals surface area contributed by atoms with Crippen molar-refractivity contribution in [3.05, 3.63) is 0 Å². The molecule has 0 spiro atoms. The van der Waals surface area contributed by atoms with Crippen LogP contribution in [-0.4, -0.2) is 28.7 Å². The van der Waals surface area contributed by atoms with Gasteiger partial charge in [-0.3, -0.25) is 4.79 Å². The van der Waals surface area contributed by atoms with Gasteiger partial charge in [-0.2, -0.15) is 0 Å². The third-order valence-corrected chi connectivity index (χ3v) is 1.28. The molecule has 0 rings (SSSR count). The number of rotatable bonds is 2. The Bertz CT molecular complexity index is 123. The average molecular weight is 146 g/mol. The van der Waals surface area contributed by atoms with Crippen molar-refractivity contribution in [3.63, 3.8) is 0 Å². The van der Waals surface area contributed by atoms with Crippen LogP contribution in [0.2, 0.25) is 0 Å². The van der Waals surface area contributed by atoms with Crippen LogP contribution in [0.4, 0.5) is 0 Å². The fourth-order valence-electron chi connectivity index (χ4n) is 0.569. The van der Waals surface area contributed by atoms with E-state index in [1.54, 1.807) is 20.8 Å². The first-order chi connectivity index (χ1) is 4.39. The van der Waals surface area contributed by atoms with Crippen LogP contribution < -0.4 is 0 Å². The van der Waals surface area contributed by atoms with E-state index in [1.807, 2.05) is 0 Å². The first-order valence-electron chi connectivity index (χ1n) is 3.21. The van der Waals surface area contributed by atoms with Gasteiger partial charge in [0.25, 0.3) is 0 Å². The molecule has 2 N–H and O–H groups in total. The van der Waals surface area contributed by atoms with E-state index < -0.39 is 23.9 Å². The fraction of sp³-hybridized carbons (Fsp3) is 0.857. The van der Waals surface area contributed by atoms with Gasteiger partial charge in [0.2, 0.25) is 0 Å². The summed E-state index contributed by atoms with van der Waals surface area (Å²) in [7, 11) is 0. The smallest absolute Gasteiger partial charge is 0.187 e. The van der Waals surface area contributed by atoms with E-state index in [1.165, 1.54) is 0 Å². The van der Waals surface area contributed by atoms with Crippen molar-refractivity contribution in [2.24, 2.45) is 5.41 Å². The second-order valence-electron chi connectivity index (χ2n) is 3.39. The van der Waals surface area contributed by atoms with Gasteiger partial charge in [0, 0.05) is 0 Å². The largest absolute Gasteiger partial charge is 0.388 e. The molecule has 3 nitrogen and oxygen atoms in total. The molecule has 0 unspecified atom stereocenters. The highest BCUT2D eigenvalue weighted by Gasteiger charge is 2.27. The van der Waals surface area contributed by atoms with Crippen molar-refractivity contribution in [1.29, 1.82) is 0 Å². The zero-order valence-corrected chi connectivity index (χ0v) is 6.59. The van der Waals surface area contributed by atoms with Crippen LogP contribution in [-0.2, 0) is 4.79 Å². The molecule has 10 heavy (non-hydrogen) atoms. The lowest BCUT2D eigenvalue weighted by atomic mass is 9.87.